The Morgan fingerprint density at radius 2 is 1.61 bits per heavy atom. The van der Waals surface area contributed by atoms with E-state index in [2.05, 4.69) is 10.6 Å². The van der Waals surface area contributed by atoms with Gasteiger partial charge in [0.1, 0.15) is 13.2 Å². The zero-order valence-electron chi connectivity index (χ0n) is 16.2. The minimum Gasteiger partial charge on any atom is -0.486 e. The van der Waals surface area contributed by atoms with Crippen molar-refractivity contribution in [3.8, 4) is 11.5 Å². The molecule has 2 aromatic rings. The van der Waals surface area contributed by atoms with Crippen molar-refractivity contribution in [2.45, 2.75) is 20.8 Å². The molecule has 146 valence electrons. The van der Waals surface area contributed by atoms with Crippen LogP contribution in [0.3, 0.4) is 0 Å². The molecule has 0 radical (unpaired) electrons. The van der Waals surface area contributed by atoms with Gasteiger partial charge in [-0.05, 0) is 42.0 Å². The van der Waals surface area contributed by atoms with Crippen LogP contribution >= 0.6 is 0 Å². The first-order valence-electron chi connectivity index (χ1n) is 9.11. The number of carbonyl (C=O) groups is 2. The molecule has 6 heteroatoms. The Balaban J connectivity index is 1.62. The zero-order valence-corrected chi connectivity index (χ0v) is 16.2. The topological polar surface area (TPSA) is 76.7 Å². The van der Waals surface area contributed by atoms with Gasteiger partial charge in [-0.1, -0.05) is 32.9 Å². The van der Waals surface area contributed by atoms with Crippen molar-refractivity contribution in [1.29, 1.82) is 0 Å². The third-order valence-corrected chi connectivity index (χ3v) is 4.06. The number of anilines is 2. The molecule has 0 unspecified atom stereocenters. The molecule has 3 rings (SSSR count). The number of hydrogen-bond donors (Lipinski definition) is 2. The van der Waals surface area contributed by atoms with Crippen LogP contribution in [0.5, 0.6) is 11.5 Å². The molecular formula is C22H24N2O4. The van der Waals surface area contributed by atoms with E-state index in [4.69, 9.17) is 9.47 Å². The van der Waals surface area contributed by atoms with E-state index < -0.39 is 5.41 Å². The van der Waals surface area contributed by atoms with E-state index in [-0.39, 0.29) is 11.8 Å². The van der Waals surface area contributed by atoms with E-state index >= 15 is 0 Å². The minimum absolute atomic E-state index is 0.0884. The number of rotatable bonds is 4. The standard InChI is InChI=1S/C22H24N2O4/c1-22(2,3)21(26)24-17-6-4-5-16(14-17)23-20(25)10-8-15-7-9-18-19(13-15)28-12-11-27-18/h4-10,13-14H,11-12H2,1-3H3,(H,23,25)(H,24,26)/b10-8+. The monoisotopic (exact) mass is 380 g/mol. The molecule has 2 N–H and O–H groups in total. The molecule has 0 spiro atoms. The Hall–Kier alpha value is -3.28. The van der Waals surface area contributed by atoms with Gasteiger partial charge in [0, 0.05) is 22.9 Å². The highest BCUT2D eigenvalue weighted by molar-refractivity contribution is 6.02. The molecule has 0 aliphatic carbocycles. The highest BCUT2D eigenvalue weighted by Gasteiger charge is 2.21. The van der Waals surface area contributed by atoms with Gasteiger partial charge >= 0.3 is 0 Å². The van der Waals surface area contributed by atoms with E-state index in [0.29, 0.717) is 36.1 Å². The summed E-state index contributed by atoms with van der Waals surface area (Å²) < 4.78 is 11.0. The number of nitrogens with one attached hydrogen (secondary N) is 2. The Morgan fingerprint density at radius 1 is 0.929 bits per heavy atom. The smallest absolute Gasteiger partial charge is 0.248 e. The fourth-order valence-electron chi connectivity index (χ4n) is 2.51. The van der Waals surface area contributed by atoms with Gasteiger partial charge in [0.25, 0.3) is 0 Å². The molecule has 28 heavy (non-hydrogen) atoms. The lowest BCUT2D eigenvalue weighted by Crippen LogP contribution is -2.27. The summed E-state index contributed by atoms with van der Waals surface area (Å²) in [7, 11) is 0. The number of fused-ring (bicyclic) bond motifs is 1. The van der Waals surface area contributed by atoms with Crippen LogP contribution in [0.4, 0.5) is 11.4 Å². The van der Waals surface area contributed by atoms with Crippen molar-refractivity contribution in [3.05, 3.63) is 54.1 Å². The van der Waals surface area contributed by atoms with Crippen LogP contribution in [0.2, 0.25) is 0 Å². The molecule has 0 saturated carbocycles. The van der Waals surface area contributed by atoms with Crippen LogP contribution in [-0.4, -0.2) is 25.0 Å². The molecule has 0 fully saturated rings. The van der Waals surface area contributed by atoms with Crippen LogP contribution in [0.1, 0.15) is 26.3 Å². The maximum atomic E-state index is 12.2. The van der Waals surface area contributed by atoms with E-state index in [0.717, 1.165) is 5.56 Å². The Kier molecular flexibility index (Phi) is 5.68. The molecule has 0 atom stereocenters. The molecular weight excluding hydrogens is 356 g/mol. The van der Waals surface area contributed by atoms with Gasteiger partial charge in [-0.25, -0.2) is 0 Å². The molecule has 0 bridgehead atoms. The summed E-state index contributed by atoms with van der Waals surface area (Å²) in [6.07, 6.45) is 3.16. The number of ether oxygens (including phenoxy) is 2. The molecule has 0 saturated heterocycles. The molecule has 1 aliphatic heterocycles. The maximum absolute atomic E-state index is 12.2. The van der Waals surface area contributed by atoms with Crippen LogP contribution in [0.25, 0.3) is 6.08 Å². The fourth-order valence-corrected chi connectivity index (χ4v) is 2.51. The van der Waals surface area contributed by atoms with Gasteiger partial charge in [-0.2, -0.15) is 0 Å². The van der Waals surface area contributed by atoms with Crippen molar-refractivity contribution < 1.29 is 19.1 Å². The van der Waals surface area contributed by atoms with Gasteiger partial charge in [0.15, 0.2) is 11.5 Å². The first-order valence-corrected chi connectivity index (χ1v) is 9.11. The molecule has 0 aromatic heterocycles. The summed E-state index contributed by atoms with van der Waals surface area (Å²) >= 11 is 0. The second-order valence-electron chi connectivity index (χ2n) is 7.51. The summed E-state index contributed by atoms with van der Waals surface area (Å²) in [5.41, 5.74) is 1.58. The lowest BCUT2D eigenvalue weighted by Gasteiger charge is -2.18. The Labute approximate surface area is 164 Å². The summed E-state index contributed by atoms with van der Waals surface area (Å²) in [5.74, 6) is 1.03. The number of hydrogen-bond acceptors (Lipinski definition) is 4. The second kappa shape index (κ2) is 8.17. The van der Waals surface area contributed by atoms with Crippen molar-refractivity contribution in [2.24, 2.45) is 5.41 Å². The molecule has 6 nitrogen and oxygen atoms in total. The Morgan fingerprint density at radius 3 is 2.32 bits per heavy atom. The van der Waals surface area contributed by atoms with Crippen LogP contribution in [0.15, 0.2) is 48.5 Å². The van der Waals surface area contributed by atoms with Crippen molar-refractivity contribution in [2.75, 3.05) is 23.8 Å². The number of carbonyl (C=O) groups excluding carboxylic acids is 2. The maximum Gasteiger partial charge on any atom is 0.248 e. The minimum atomic E-state index is -0.494. The predicted octanol–water partition coefficient (Wildman–Crippen LogP) is 4.09. The van der Waals surface area contributed by atoms with Gasteiger partial charge in [0.2, 0.25) is 11.8 Å². The fraction of sp³-hybridized carbons (Fsp3) is 0.273. The largest absolute Gasteiger partial charge is 0.486 e. The van der Waals surface area contributed by atoms with Crippen LogP contribution in [-0.2, 0) is 9.59 Å². The van der Waals surface area contributed by atoms with E-state index in [1.807, 2.05) is 39.0 Å². The third kappa shape index (κ3) is 5.13. The van der Waals surface area contributed by atoms with Crippen molar-refractivity contribution in [3.63, 3.8) is 0 Å². The molecule has 1 aliphatic rings. The number of amides is 2. The normalized spacial score (nSPS) is 13.2. The highest BCUT2D eigenvalue weighted by Crippen LogP contribution is 2.31. The lowest BCUT2D eigenvalue weighted by atomic mass is 9.95. The summed E-state index contributed by atoms with van der Waals surface area (Å²) in [4.78, 5) is 24.3. The molecule has 2 aromatic carbocycles. The van der Waals surface area contributed by atoms with Gasteiger partial charge in [0.05, 0.1) is 0 Å². The summed E-state index contributed by atoms with van der Waals surface area (Å²) in [5, 5.41) is 5.64. The van der Waals surface area contributed by atoms with Crippen molar-refractivity contribution in [1.82, 2.24) is 0 Å². The predicted molar refractivity (Wildman–Crippen MR) is 110 cm³/mol. The van der Waals surface area contributed by atoms with E-state index in [1.165, 1.54) is 6.08 Å². The molecule has 2 amide bonds. The van der Waals surface area contributed by atoms with Gasteiger partial charge < -0.3 is 20.1 Å². The van der Waals surface area contributed by atoms with Crippen LogP contribution in [0, 0.1) is 5.41 Å². The highest BCUT2D eigenvalue weighted by atomic mass is 16.6. The van der Waals surface area contributed by atoms with E-state index in [1.54, 1.807) is 30.3 Å². The lowest BCUT2D eigenvalue weighted by molar-refractivity contribution is -0.123. The first kappa shape index (κ1) is 19.5. The number of benzene rings is 2. The zero-order chi connectivity index (χ0) is 20.1. The molecule has 1 heterocycles. The third-order valence-electron chi connectivity index (χ3n) is 4.06. The SMILES string of the molecule is CC(C)(C)C(=O)Nc1cccc(NC(=O)/C=C/c2ccc3c(c2)OCCO3)c1. The van der Waals surface area contributed by atoms with Gasteiger partial charge in [-0.15, -0.1) is 0 Å². The van der Waals surface area contributed by atoms with E-state index in [9.17, 15) is 9.59 Å². The second-order valence-corrected chi connectivity index (χ2v) is 7.51. The average Bonchev–Trinajstić information content (AvgIpc) is 2.66. The summed E-state index contributed by atoms with van der Waals surface area (Å²) in [6.45, 7) is 6.59. The first-order chi connectivity index (χ1) is 13.3. The quantitative estimate of drug-likeness (QED) is 0.783. The van der Waals surface area contributed by atoms with Crippen molar-refractivity contribution >= 4 is 29.3 Å². The van der Waals surface area contributed by atoms with Crippen LogP contribution < -0.4 is 20.1 Å². The summed E-state index contributed by atoms with van der Waals surface area (Å²) in [6, 6.07) is 12.6. The average molecular weight is 380 g/mol. The Bertz CT molecular complexity index is 913. The van der Waals surface area contributed by atoms with Gasteiger partial charge in [-0.3, -0.25) is 9.59 Å².